The fraction of sp³-hybridized carbons (Fsp3) is 0.417. The molecule has 0 fully saturated rings. The SMILES string of the molecule is CCC(CC#N)C(=O)c1ccc(C)cn1. The van der Waals surface area contributed by atoms with Gasteiger partial charge in [0, 0.05) is 18.5 Å². The topological polar surface area (TPSA) is 53.8 Å². The van der Waals surface area contributed by atoms with Crippen molar-refractivity contribution in [3.05, 3.63) is 29.6 Å². The third kappa shape index (κ3) is 2.88. The Morgan fingerprint density at radius 3 is 2.80 bits per heavy atom. The van der Waals surface area contributed by atoms with Crippen LogP contribution in [0.3, 0.4) is 0 Å². The van der Waals surface area contributed by atoms with Crippen molar-refractivity contribution in [3.63, 3.8) is 0 Å². The van der Waals surface area contributed by atoms with E-state index >= 15 is 0 Å². The quantitative estimate of drug-likeness (QED) is 0.705. The molecule has 0 aliphatic carbocycles. The molecular formula is C12H14N2O. The van der Waals surface area contributed by atoms with E-state index in [-0.39, 0.29) is 18.1 Å². The summed E-state index contributed by atoms with van der Waals surface area (Å²) in [6, 6.07) is 5.61. The molecule has 1 rings (SSSR count). The Morgan fingerprint density at radius 1 is 1.60 bits per heavy atom. The number of hydrogen-bond acceptors (Lipinski definition) is 3. The van der Waals surface area contributed by atoms with Crippen LogP contribution in [-0.2, 0) is 0 Å². The summed E-state index contributed by atoms with van der Waals surface area (Å²) in [7, 11) is 0. The van der Waals surface area contributed by atoms with Crippen LogP contribution in [0.15, 0.2) is 18.3 Å². The van der Waals surface area contributed by atoms with E-state index in [1.54, 1.807) is 12.3 Å². The molecular weight excluding hydrogens is 188 g/mol. The molecule has 1 aromatic rings. The summed E-state index contributed by atoms with van der Waals surface area (Å²) in [6.45, 7) is 3.84. The molecule has 0 amide bonds. The first-order valence-electron chi connectivity index (χ1n) is 5.02. The number of pyridine rings is 1. The van der Waals surface area contributed by atoms with Gasteiger partial charge < -0.3 is 0 Å². The number of hydrogen-bond donors (Lipinski definition) is 0. The van der Waals surface area contributed by atoms with Crippen molar-refractivity contribution in [3.8, 4) is 6.07 Å². The van der Waals surface area contributed by atoms with Crippen molar-refractivity contribution in [2.45, 2.75) is 26.7 Å². The van der Waals surface area contributed by atoms with E-state index in [9.17, 15) is 4.79 Å². The first-order valence-corrected chi connectivity index (χ1v) is 5.02. The first kappa shape index (κ1) is 11.4. The molecule has 0 saturated heterocycles. The molecule has 1 atom stereocenters. The van der Waals surface area contributed by atoms with E-state index < -0.39 is 0 Å². The Balaban J connectivity index is 2.84. The lowest BCUT2D eigenvalue weighted by atomic mass is 9.95. The second-order valence-corrected chi connectivity index (χ2v) is 3.55. The van der Waals surface area contributed by atoms with Gasteiger partial charge in [0.1, 0.15) is 5.69 Å². The maximum atomic E-state index is 11.9. The molecule has 1 heterocycles. The van der Waals surface area contributed by atoms with Gasteiger partial charge in [-0.15, -0.1) is 0 Å². The van der Waals surface area contributed by atoms with Gasteiger partial charge in [0.15, 0.2) is 5.78 Å². The standard InChI is InChI=1S/C12H14N2O/c1-3-10(6-7-13)12(15)11-5-4-9(2)8-14-11/h4-5,8,10H,3,6H2,1-2H3. The summed E-state index contributed by atoms with van der Waals surface area (Å²) in [6.07, 6.45) is 2.62. The second kappa shape index (κ2) is 5.26. The minimum absolute atomic E-state index is 0.0287. The van der Waals surface area contributed by atoms with Crippen LogP contribution in [0.25, 0.3) is 0 Å². The molecule has 0 spiro atoms. The third-order valence-corrected chi connectivity index (χ3v) is 2.37. The van der Waals surface area contributed by atoms with Crippen molar-refractivity contribution in [1.82, 2.24) is 4.98 Å². The number of nitriles is 1. The maximum Gasteiger partial charge on any atom is 0.185 e. The van der Waals surface area contributed by atoms with Crippen LogP contribution in [0.2, 0.25) is 0 Å². The minimum Gasteiger partial charge on any atom is -0.292 e. The Morgan fingerprint density at radius 2 is 2.33 bits per heavy atom. The van der Waals surface area contributed by atoms with E-state index in [1.807, 2.05) is 26.0 Å². The molecule has 0 aliphatic heterocycles. The summed E-state index contributed by atoms with van der Waals surface area (Å²) < 4.78 is 0. The van der Waals surface area contributed by atoms with Crippen LogP contribution in [0.4, 0.5) is 0 Å². The number of aryl methyl sites for hydroxylation is 1. The van der Waals surface area contributed by atoms with Crippen LogP contribution in [0.1, 0.15) is 35.8 Å². The van der Waals surface area contributed by atoms with Gasteiger partial charge in [-0.2, -0.15) is 5.26 Å². The number of ketones is 1. The Bertz CT molecular complexity index is 376. The number of rotatable bonds is 4. The molecule has 0 radical (unpaired) electrons. The van der Waals surface area contributed by atoms with Gasteiger partial charge >= 0.3 is 0 Å². The highest BCUT2D eigenvalue weighted by atomic mass is 16.1. The van der Waals surface area contributed by atoms with Crippen LogP contribution < -0.4 is 0 Å². The van der Waals surface area contributed by atoms with Crippen LogP contribution in [0.5, 0.6) is 0 Å². The number of Topliss-reactive ketones (excluding diaryl/α,β-unsaturated/α-hetero) is 1. The van der Waals surface area contributed by atoms with Crippen molar-refractivity contribution < 1.29 is 4.79 Å². The third-order valence-electron chi connectivity index (χ3n) is 2.37. The van der Waals surface area contributed by atoms with Crippen LogP contribution >= 0.6 is 0 Å². The second-order valence-electron chi connectivity index (χ2n) is 3.55. The van der Waals surface area contributed by atoms with E-state index in [0.717, 1.165) is 5.56 Å². The monoisotopic (exact) mass is 202 g/mol. The molecule has 1 aromatic heterocycles. The first-order chi connectivity index (χ1) is 7.19. The van der Waals surface area contributed by atoms with Crippen molar-refractivity contribution in [2.24, 2.45) is 5.92 Å². The van der Waals surface area contributed by atoms with Gasteiger partial charge in [-0.05, 0) is 25.0 Å². The van der Waals surface area contributed by atoms with Gasteiger partial charge in [-0.3, -0.25) is 9.78 Å². The number of carbonyl (C=O) groups excluding carboxylic acids is 1. The zero-order valence-electron chi connectivity index (χ0n) is 9.03. The highest BCUT2D eigenvalue weighted by Crippen LogP contribution is 2.14. The van der Waals surface area contributed by atoms with Gasteiger partial charge in [-0.1, -0.05) is 13.0 Å². The Kier molecular flexibility index (Phi) is 3.99. The largest absolute Gasteiger partial charge is 0.292 e. The van der Waals surface area contributed by atoms with E-state index in [2.05, 4.69) is 4.98 Å². The van der Waals surface area contributed by atoms with Gasteiger partial charge in [0.05, 0.1) is 6.07 Å². The highest BCUT2D eigenvalue weighted by molar-refractivity contribution is 5.96. The lowest BCUT2D eigenvalue weighted by Crippen LogP contribution is -2.14. The number of carbonyl (C=O) groups is 1. The van der Waals surface area contributed by atoms with E-state index in [1.165, 1.54) is 0 Å². The average molecular weight is 202 g/mol. The van der Waals surface area contributed by atoms with Crippen LogP contribution in [0, 0.1) is 24.2 Å². The predicted octanol–water partition coefficient (Wildman–Crippen LogP) is 2.51. The molecule has 3 nitrogen and oxygen atoms in total. The molecule has 0 bridgehead atoms. The summed E-state index contributed by atoms with van der Waals surface area (Å²) >= 11 is 0. The molecule has 0 aliphatic rings. The number of nitrogens with zero attached hydrogens (tertiary/aromatic N) is 2. The molecule has 78 valence electrons. The zero-order valence-corrected chi connectivity index (χ0v) is 9.03. The molecule has 0 saturated carbocycles. The van der Waals surface area contributed by atoms with E-state index in [0.29, 0.717) is 12.1 Å². The number of aromatic nitrogens is 1. The molecule has 3 heteroatoms. The maximum absolute atomic E-state index is 11.9. The fourth-order valence-electron chi connectivity index (χ4n) is 1.36. The van der Waals surface area contributed by atoms with Crippen LogP contribution in [-0.4, -0.2) is 10.8 Å². The smallest absolute Gasteiger partial charge is 0.185 e. The molecule has 0 N–H and O–H groups in total. The van der Waals surface area contributed by atoms with Gasteiger partial charge in [0.2, 0.25) is 0 Å². The lowest BCUT2D eigenvalue weighted by molar-refractivity contribution is 0.0913. The lowest BCUT2D eigenvalue weighted by Gasteiger charge is -2.08. The normalized spacial score (nSPS) is 11.8. The fourth-order valence-corrected chi connectivity index (χ4v) is 1.36. The van der Waals surface area contributed by atoms with Gasteiger partial charge in [-0.25, -0.2) is 0 Å². The molecule has 1 unspecified atom stereocenters. The summed E-state index contributed by atoms with van der Waals surface area (Å²) in [5.41, 5.74) is 1.49. The Hall–Kier alpha value is -1.69. The Labute approximate surface area is 89.8 Å². The van der Waals surface area contributed by atoms with Crippen molar-refractivity contribution in [2.75, 3.05) is 0 Å². The average Bonchev–Trinajstić information content (AvgIpc) is 2.26. The van der Waals surface area contributed by atoms with Crippen molar-refractivity contribution in [1.29, 1.82) is 5.26 Å². The summed E-state index contributed by atoms with van der Waals surface area (Å²) in [5, 5.41) is 8.59. The predicted molar refractivity (Wildman–Crippen MR) is 57.3 cm³/mol. The highest BCUT2D eigenvalue weighted by Gasteiger charge is 2.18. The molecule has 0 aromatic carbocycles. The summed E-state index contributed by atoms with van der Waals surface area (Å²) in [5.74, 6) is -0.246. The van der Waals surface area contributed by atoms with E-state index in [4.69, 9.17) is 5.26 Å². The summed E-state index contributed by atoms with van der Waals surface area (Å²) in [4.78, 5) is 15.9. The molecule has 15 heavy (non-hydrogen) atoms. The zero-order chi connectivity index (χ0) is 11.3. The van der Waals surface area contributed by atoms with Crippen molar-refractivity contribution >= 4 is 5.78 Å². The van der Waals surface area contributed by atoms with Gasteiger partial charge in [0.25, 0.3) is 0 Å². The minimum atomic E-state index is -0.217.